The van der Waals surface area contributed by atoms with Crippen LogP contribution in [-0.2, 0) is 4.79 Å². The van der Waals surface area contributed by atoms with E-state index in [0.29, 0.717) is 5.56 Å². The molecule has 1 heterocycles. The fourth-order valence-corrected chi connectivity index (χ4v) is 1.26. The Kier molecular flexibility index (Phi) is 3.21. The Morgan fingerprint density at radius 1 is 1.53 bits per heavy atom. The smallest absolute Gasteiger partial charge is 0.159 e. The molecule has 1 rings (SSSR count). The van der Waals surface area contributed by atoms with Crippen LogP contribution in [-0.4, -0.2) is 10.8 Å². The van der Waals surface area contributed by atoms with Crippen LogP contribution in [0.2, 0.25) is 0 Å². The zero-order valence-electron chi connectivity index (χ0n) is 9.19. The van der Waals surface area contributed by atoms with E-state index in [1.165, 1.54) is 0 Å². The van der Waals surface area contributed by atoms with Crippen molar-refractivity contribution in [2.24, 2.45) is 5.41 Å². The molecule has 0 saturated carbocycles. The number of hydrogen-bond acceptors (Lipinski definition) is 3. The quantitative estimate of drug-likeness (QED) is 0.739. The highest BCUT2D eigenvalue weighted by atomic mass is 16.1. The minimum Gasteiger partial charge on any atom is -0.297 e. The van der Waals surface area contributed by atoms with Crippen LogP contribution in [0.25, 0.3) is 0 Å². The van der Waals surface area contributed by atoms with Crippen LogP contribution in [0.5, 0.6) is 0 Å². The van der Waals surface area contributed by atoms with Crippen molar-refractivity contribution in [3.63, 3.8) is 0 Å². The van der Waals surface area contributed by atoms with E-state index >= 15 is 0 Å². The van der Waals surface area contributed by atoms with Crippen molar-refractivity contribution in [3.8, 4) is 6.07 Å². The van der Waals surface area contributed by atoms with Gasteiger partial charge in [-0.3, -0.25) is 9.78 Å². The van der Waals surface area contributed by atoms with Gasteiger partial charge in [0.05, 0.1) is 6.07 Å². The number of carbonyl (C=O) groups is 1. The molecule has 1 atom stereocenters. The topological polar surface area (TPSA) is 53.8 Å². The van der Waals surface area contributed by atoms with E-state index in [-0.39, 0.29) is 5.78 Å². The van der Waals surface area contributed by atoms with E-state index in [2.05, 4.69) is 4.98 Å². The van der Waals surface area contributed by atoms with E-state index < -0.39 is 11.3 Å². The van der Waals surface area contributed by atoms with Crippen molar-refractivity contribution < 1.29 is 4.79 Å². The first-order chi connectivity index (χ1) is 6.96. The van der Waals surface area contributed by atoms with Crippen LogP contribution >= 0.6 is 0 Å². The molecule has 0 radical (unpaired) electrons. The second-order valence-electron chi connectivity index (χ2n) is 4.46. The molecule has 0 aliphatic rings. The first-order valence-corrected chi connectivity index (χ1v) is 4.80. The van der Waals surface area contributed by atoms with E-state index in [1.807, 2.05) is 26.8 Å². The third-order valence-corrected chi connectivity index (χ3v) is 2.15. The number of aromatic nitrogens is 1. The predicted molar refractivity (Wildman–Crippen MR) is 57.1 cm³/mol. The number of nitrogens with zero attached hydrogens (tertiary/aromatic N) is 2. The molecule has 0 fully saturated rings. The van der Waals surface area contributed by atoms with Gasteiger partial charge in [-0.05, 0) is 11.6 Å². The molecule has 0 spiro atoms. The lowest BCUT2D eigenvalue weighted by Crippen LogP contribution is -2.26. The van der Waals surface area contributed by atoms with Gasteiger partial charge in [0.1, 0.15) is 5.92 Å². The predicted octanol–water partition coefficient (Wildman–Crippen LogP) is 2.30. The second-order valence-corrected chi connectivity index (χ2v) is 4.46. The van der Waals surface area contributed by atoms with Gasteiger partial charge in [-0.1, -0.05) is 26.8 Å². The first-order valence-electron chi connectivity index (χ1n) is 4.80. The van der Waals surface area contributed by atoms with Crippen LogP contribution in [0.1, 0.15) is 32.3 Å². The maximum Gasteiger partial charge on any atom is 0.159 e. The summed E-state index contributed by atoms with van der Waals surface area (Å²) in [4.78, 5) is 15.9. The van der Waals surface area contributed by atoms with Gasteiger partial charge in [-0.2, -0.15) is 5.26 Å². The maximum atomic E-state index is 11.9. The Balaban J connectivity index is 3.03. The Labute approximate surface area is 89.8 Å². The zero-order chi connectivity index (χ0) is 11.5. The number of rotatable bonds is 2. The van der Waals surface area contributed by atoms with Gasteiger partial charge >= 0.3 is 0 Å². The highest BCUT2D eigenvalue weighted by Gasteiger charge is 2.30. The molecule has 0 aliphatic carbocycles. The molecule has 0 saturated heterocycles. The van der Waals surface area contributed by atoms with Crippen LogP contribution in [0.3, 0.4) is 0 Å². The zero-order valence-corrected chi connectivity index (χ0v) is 9.19. The average molecular weight is 202 g/mol. The summed E-state index contributed by atoms with van der Waals surface area (Å²) in [6.45, 7) is 5.45. The molecular formula is C12H14N2O. The molecule has 15 heavy (non-hydrogen) atoms. The summed E-state index contributed by atoms with van der Waals surface area (Å²) in [5.74, 6) is -0.781. The minimum absolute atomic E-state index is 0.0713. The van der Waals surface area contributed by atoms with Crippen molar-refractivity contribution in [2.75, 3.05) is 0 Å². The molecule has 3 nitrogen and oxygen atoms in total. The third kappa shape index (κ3) is 2.63. The molecule has 1 aromatic heterocycles. The molecule has 0 bridgehead atoms. The summed E-state index contributed by atoms with van der Waals surface area (Å²) in [6, 6.07) is 5.52. The maximum absolute atomic E-state index is 11.9. The number of pyridine rings is 1. The number of Topliss-reactive ketones (excluding diaryl/α,β-unsaturated/α-hetero) is 1. The number of hydrogen-bond donors (Lipinski definition) is 0. The summed E-state index contributed by atoms with van der Waals surface area (Å²) in [5.41, 5.74) is 0.163. The highest BCUT2D eigenvalue weighted by molar-refractivity contribution is 5.92. The number of ketones is 1. The van der Waals surface area contributed by atoms with E-state index in [9.17, 15) is 4.79 Å². The Bertz CT molecular complexity index is 384. The van der Waals surface area contributed by atoms with Gasteiger partial charge in [0.25, 0.3) is 0 Å². The molecular weight excluding hydrogens is 188 g/mol. The van der Waals surface area contributed by atoms with Crippen molar-refractivity contribution >= 4 is 5.78 Å². The minimum atomic E-state index is -0.710. The van der Waals surface area contributed by atoms with Gasteiger partial charge in [0.15, 0.2) is 5.78 Å². The van der Waals surface area contributed by atoms with Crippen molar-refractivity contribution in [3.05, 3.63) is 30.1 Å². The number of nitriles is 1. The van der Waals surface area contributed by atoms with Gasteiger partial charge in [0.2, 0.25) is 0 Å². The molecule has 78 valence electrons. The molecule has 0 aliphatic heterocycles. The lowest BCUT2D eigenvalue weighted by molar-refractivity contribution is -0.126. The summed E-state index contributed by atoms with van der Waals surface area (Å²) in [7, 11) is 0. The van der Waals surface area contributed by atoms with Gasteiger partial charge in [-0.15, -0.1) is 0 Å². The Morgan fingerprint density at radius 3 is 2.60 bits per heavy atom. The van der Waals surface area contributed by atoms with E-state index in [4.69, 9.17) is 5.26 Å². The number of carbonyl (C=O) groups excluding carboxylic acids is 1. The van der Waals surface area contributed by atoms with E-state index in [0.717, 1.165) is 0 Å². The molecule has 0 aromatic carbocycles. The van der Waals surface area contributed by atoms with Crippen molar-refractivity contribution in [1.82, 2.24) is 4.98 Å². The summed E-state index contributed by atoms with van der Waals surface area (Å²) >= 11 is 0. The standard InChI is InChI=1S/C12H14N2O/c1-12(2,3)11(15)10(7-13)9-5-4-6-14-8-9/h4-6,8,10H,1-3H3. The van der Waals surface area contributed by atoms with Crippen molar-refractivity contribution in [1.29, 1.82) is 5.26 Å². The summed E-state index contributed by atoms with van der Waals surface area (Å²) in [6.07, 6.45) is 3.19. The average Bonchev–Trinajstić information content (AvgIpc) is 2.19. The normalized spacial score (nSPS) is 12.9. The molecule has 3 heteroatoms. The first kappa shape index (κ1) is 11.4. The molecule has 0 N–H and O–H groups in total. The third-order valence-electron chi connectivity index (χ3n) is 2.15. The molecule has 0 amide bonds. The van der Waals surface area contributed by atoms with Crippen LogP contribution in [0.15, 0.2) is 24.5 Å². The largest absolute Gasteiger partial charge is 0.297 e. The summed E-state index contributed by atoms with van der Waals surface area (Å²) in [5, 5.41) is 9.01. The van der Waals surface area contributed by atoms with Crippen LogP contribution < -0.4 is 0 Å². The Morgan fingerprint density at radius 2 is 2.20 bits per heavy atom. The Hall–Kier alpha value is -1.69. The molecule has 1 aromatic rings. The fraction of sp³-hybridized carbons (Fsp3) is 0.417. The monoisotopic (exact) mass is 202 g/mol. The highest BCUT2D eigenvalue weighted by Crippen LogP contribution is 2.26. The van der Waals surface area contributed by atoms with Crippen LogP contribution in [0.4, 0.5) is 0 Å². The van der Waals surface area contributed by atoms with Crippen molar-refractivity contribution in [2.45, 2.75) is 26.7 Å². The summed E-state index contributed by atoms with van der Waals surface area (Å²) < 4.78 is 0. The van der Waals surface area contributed by atoms with Gasteiger partial charge in [-0.25, -0.2) is 0 Å². The fourth-order valence-electron chi connectivity index (χ4n) is 1.26. The van der Waals surface area contributed by atoms with Gasteiger partial charge in [0, 0.05) is 17.8 Å². The molecule has 1 unspecified atom stereocenters. The van der Waals surface area contributed by atoms with Gasteiger partial charge < -0.3 is 0 Å². The lowest BCUT2D eigenvalue weighted by Gasteiger charge is -2.19. The lowest BCUT2D eigenvalue weighted by atomic mass is 9.81. The SMILES string of the molecule is CC(C)(C)C(=O)C(C#N)c1cccnc1. The van der Waals surface area contributed by atoms with Crippen LogP contribution in [0, 0.1) is 16.7 Å². The second kappa shape index (κ2) is 4.22. The van der Waals surface area contributed by atoms with E-state index in [1.54, 1.807) is 24.5 Å².